The molecule has 7 heteroatoms. The zero-order valence-electron chi connectivity index (χ0n) is 21.9. The SMILES string of the molecule is C[C@@H]1CN(c2c(C3CC3)c(=O)n(C)c3cccnc23)[C@@H](C)CN1C(c1ccc(F)cc1)c1ccc(F)cc1. The Kier molecular flexibility index (Phi) is 6.26. The molecule has 0 spiro atoms. The van der Waals surface area contributed by atoms with Gasteiger partial charge in [0.2, 0.25) is 0 Å². The molecule has 0 N–H and O–H groups in total. The van der Waals surface area contributed by atoms with Gasteiger partial charge in [-0.05, 0) is 80.1 Å². The van der Waals surface area contributed by atoms with E-state index < -0.39 is 0 Å². The van der Waals surface area contributed by atoms with Crippen LogP contribution in [0.2, 0.25) is 0 Å². The van der Waals surface area contributed by atoms with Crippen LogP contribution >= 0.6 is 0 Å². The number of piperazine rings is 1. The molecule has 6 rings (SSSR count). The molecular weight excluding hydrogens is 482 g/mol. The molecule has 2 aliphatic rings. The predicted octanol–water partition coefficient (Wildman–Crippen LogP) is 5.78. The number of halogens is 2. The van der Waals surface area contributed by atoms with E-state index in [4.69, 9.17) is 4.98 Å². The highest BCUT2D eigenvalue weighted by molar-refractivity contribution is 5.91. The Morgan fingerprint density at radius 3 is 2.05 bits per heavy atom. The van der Waals surface area contributed by atoms with Crippen LogP contribution in [0.15, 0.2) is 71.7 Å². The lowest BCUT2D eigenvalue weighted by molar-refractivity contribution is 0.130. The van der Waals surface area contributed by atoms with Crippen LogP contribution in [0.5, 0.6) is 0 Å². The number of aryl methyl sites for hydroxylation is 1. The summed E-state index contributed by atoms with van der Waals surface area (Å²) in [6, 6.07) is 17.1. The Morgan fingerprint density at radius 1 is 0.868 bits per heavy atom. The lowest BCUT2D eigenvalue weighted by atomic mass is 9.93. The summed E-state index contributed by atoms with van der Waals surface area (Å²) in [7, 11) is 1.84. The van der Waals surface area contributed by atoms with E-state index in [2.05, 4.69) is 23.6 Å². The van der Waals surface area contributed by atoms with Crippen LogP contribution in [0.4, 0.5) is 14.5 Å². The molecule has 196 valence electrons. The Morgan fingerprint density at radius 2 is 1.47 bits per heavy atom. The second-order valence-electron chi connectivity index (χ2n) is 10.8. The second kappa shape index (κ2) is 9.62. The highest BCUT2D eigenvalue weighted by Crippen LogP contribution is 2.46. The van der Waals surface area contributed by atoms with Crippen molar-refractivity contribution in [3.63, 3.8) is 0 Å². The van der Waals surface area contributed by atoms with Gasteiger partial charge in [-0.3, -0.25) is 14.7 Å². The van der Waals surface area contributed by atoms with Gasteiger partial charge in [0.1, 0.15) is 17.2 Å². The first kappa shape index (κ1) is 24.7. The number of anilines is 1. The Hall–Kier alpha value is -3.58. The van der Waals surface area contributed by atoms with Gasteiger partial charge in [0.25, 0.3) is 5.56 Å². The van der Waals surface area contributed by atoms with Crippen molar-refractivity contribution >= 4 is 16.7 Å². The van der Waals surface area contributed by atoms with Gasteiger partial charge in [0.15, 0.2) is 0 Å². The number of hydrogen-bond acceptors (Lipinski definition) is 4. The smallest absolute Gasteiger partial charge is 0.256 e. The van der Waals surface area contributed by atoms with Crippen LogP contribution in [-0.2, 0) is 7.05 Å². The second-order valence-corrected chi connectivity index (χ2v) is 10.8. The van der Waals surface area contributed by atoms with Crippen LogP contribution in [0, 0.1) is 11.6 Å². The van der Waals surface area contributed by atoms with Crippen LogP contribution < -0.4 is 10.5 Å². The molecule has 2 fully saturated rings. The minimum atomic E-state index is -0.282. The first-order valence-corrected chi connectivity index (χ1v) is 13.3. The van der Waals surface area contributed by atoms with Gasteiger partial charge in [-0.15, -0.1) is 0 Å². The number of rotatable bonds is 5. The van der Waals surface area contributed by atoms with Crippen molar-refractivity contribution in [2.75, 3.05) is 18.0 Å². The molecular formula is C31H32F2N4O. The summed E-state index contributed by atoms with van der Waals surface area (Å²) >= 11 is 0. The molecule has 3 heterocycles. The molecule has 1 saturated carbocycles. The van der Waals surface area contributed by atoms with E-state index >= 15 is 0 Å². The zero-order chi connectivity index (χ0) is 26.6. The zero-order valence-corrected chi connectivity index (χ0v) is 21.9. The number of benzene rings is 2. The average Bonchev–Trinajstić information content (AvgIpc) is 3.75. The number of nitrogens with zero attached hydrogens (tertiary/aromatic N) is 4. The molecule has 2 atom stereocenters. The van der Waals surface area contributed by atoms with Crippen molar-refractivity contribution in [1.82, 2.24) is 14.5 Å². The highest BCUT2D eigenvalue weighted by atomic mass is 19.1. The van der Waals surface area contributed by atoms with Crippen molar-refractivity contribution in [1.29, 1.82) is 0 Å². The fourth-order valence-electron chi connectivity index (χ4n) is 6.09. The van der Waals surface area contributed by atoms with Gasteiger partial charge in [0.05, 0.1) is 17.2 Å². The average molecular weight is 515 g/mol. The number of pyridine rings is 2. The van der Waals surface area contributed by atoms with Gasteiger partial charge >= 0.3 is 0 Å². The molecule has 5 nitrogen and oxygen atoms in total. The third kappa shape index (κ3) is 4.29. The predicted molar refractivity (Wildman–Crippen MR) is 147 cm³/mol. The van der Waals surface area contributed by atoms with Gasteiger partial charge in [-0.1, -0.05) is 24.3 Å². The molecule has 1 aliphatic carbocycles. The fourth-order valence-corrected chi connectivity index (χ4v) is 6.09. The normalized spacial score (nSPS) is 20.4. The van der Waals surface area contributed by atoms with E-state index in [0.717, 1.165) is 46.3 Å². The molecule has 38 heavy (non-hydrogen) atoms. The lowest BCUT2D eigenvalue weighted by Crippen LogP contribution is -2.58. The number of fused-ring (bicyclic) bond motifs is 1. The first-order valence-electron chi connectivity index (χ1n) is 13.3. The number of aromatic nitrogens is 2. The van der Waals surface area contributed by atoms with Gasteiger partial charge in [-0.25, -0.2) is 8.78 Å². The van der Waals surface area contributed by atoms with Crippen molar-refractivity contribution < 1.29 is 8.78 Å². The van der Waals surface area contributed by atoms with Gasteiger partial charge in [0, 0.05) is 44.0 Å². The van der Waals surface area contributed by atoms with Gasteiger partial charge < -0.3 is 9.47 Å². The molecule has 0 bridgehead atoms. The Balaban J connectivity index is 1.42. The van der Waals surface area contributed by atoms with Crippen LogP contribution in [0.1, 0.15) is 55.3 Å². The first-order chi connectivity index (χ1) is 18.3. The highest BCUT2D eigenvalue weighted by Gasteiger charge is 2.39. The summed E-state index contributed by atoms with van der Waals surface area (Å²) in [5.41, 5.74) is 5.58. The molecule has 1 saturated heterocycles. The van der Waals surface area contributed by atoms with E-state index in [1.54, 1.807) is 10.8 Å². The lowest BCUT2D eigenvalue weighted by Gasteiger charge is -2.49. The third-order valence-corrected chi connectivity index (χ3v) is 8.17. The van der Waals surface area contributed by atoms with Crippen molar-refractivity contribution in [2.45, 2.75) is 50.7 Å². The molecule has 0 amide bonds. The Labute approximate surface area is 221 Å². The maximum absolute atomic E-state index is 13.8. The minimum absolute atomic E-state index is 0.0702. The summed E-state index contributed by atoms with van der Waals surface area (Å²) in [6.07, 6.45) is 3.86. The maximum Gasteiger partial charge on any atom is 0.256 e. The summed E-state index contributed by atoms with van der Waals surface area (Å²) in [6.45, 7) is 5.80. The maximum atomic E-state index is 13.8. The van der Waals surface area contributed by atoms with Crippen molar-refractivity contribution in [2.24, 2.45) is 7.05 Å². The molecule has 1 aliphatic heterocycles. The molecule has 0 unspecified atom stereocenters. The molecule has 0 radical (unpaired) electrons. The summed E-state index contributed by atoms with van der Waals surface area (Å²) in [4.78, 5) is 23.1. The molecule has 4 aromatic rings. The summed E-state index contributed by atoms with van der Waals surface area (Å²) in [5.74, 6) is -0.284. The Bertz CT molecular complexity index is 1480. The molecule has 2 aromatic heterocycles. The standard InChI is InChI=1S/C31H32F2N4O/c1-19-18-37(30-27(21-6-7-21)31(38)35(3)26-5-4-16-34-28(26)30)20(2)17-36(19)29(22-8-12-24(32)13-9-22)23-10-14-25(33)15-11-23/h4-5,8-16,19-21,29H,6-7,17-18H2,1-3H3/t19-,20+/m1/s1. The van der Waals surface area contributed by atoms with E-state index in [0.29, 0.717) is 13.1 Å². The third-order valence-electron chi connectivity index (χ3n) is 8.17. The minimum Gasteiger partial charge on any atom is -0.364 e. The van der Waals surface area contributed by atoms with E-state index in [9.17, 15) is 13.6 Å². The van der Waals surface area contributed by atoms with Gasteiger partial charge in [-0.2, -0.15) is 0 Å². The largest absolute Gasteiger partial charge is 0.364 e. The van der Waals surface area contributed by atoms with Crippen molar-refractivity contribution in [3.8, 4) is 0 Å². The van der Waals surface area contributed by atoms with Crippen LogP contribution in [-0.4, -0.2) is 39.6 Å². The van der Waals surface area contributed by atoms with Crippen LogP contribution in [0.25, 0.3) is 11.0 Å². The fraction of sp³-hybridized carbons (Fsp3) is 0.355. The monoisotopic (exact) mass is 514 g/mol. The van der Waals surface area contributed by atoms with Crippen molar-refractivity contribution in [3.05, 3.63) is 106 Å². The van der Waals surface area contributed by atoms with Crippen LogP contribution in [0.3, 0.4) is 0 Å². The number of hydrogen-bond donors (Lipinski definition) is 0. The van der Waals surface area contributed by atoms with E-state index in [1.807, 2.05) is 43.4 Å². The quantitative estimate of drug-likeness (QED) is 0.339. The van der Waals surface area contributed by atoms with E-state index in [-0.39, 0.29) is 41.2 Å². The topological polar surface area (TPSA) is 41.4 Å². The molecule has 2 aromatic carbocycles. The van der Waals surface area contributed by atoms with E-state index in [1.165, 1.54) is 24.3 Å². The summed E-state index contributed by atoms with van der Waals surface area (Å²) in [5, 5.41) is 0. The summed E-state index contributed by atoms with van der Waals surface area (Å²) < 4.78 is 29.4.